The van der Waals surface area contributed by atoms with Gasteiger partial charge in [0.25, 0.3) is 0 Å². The lowest BCUT2D eigenvalue weighted by molar-refractivity contribution is 0.385. The van der Waals surface area contributed by atoms with Crippen molar-refractivity contribution in [2.24, 2.45) is 11.7 Å². The molecule has 1 aromatic rings. The highest BCUT2D eigenvalue weighted by Gasteiger charge is 2.22. The molecule has 0 aromatic heterocycles. The molecule has 3 N–H and O–H groups in total. The molecule has 1 aliphatic carbocycles. The first-order valence-corrected chi connectivity index (χ1v) is 9.41. The standard InChI is InChI=1S/C14H19ClN2O2S2/c15-11-6-7-12(14(16)20)13(8-11)17-21(18,19)9-10-4-2-1-3-5-10/h6-8,10,17H,1-5,9H2,(H2,16,20). The van der Waals surface area contributed by atoms with Gasteiger partial charge in [0.2, 0.25) is 10.0 Å². The van der Waals surface area contributed by atoms with Crippen LogP contribution in [0.5, 0.6) is 0 Å². The van der Waals surface area contributed by atoms with Gasteiger partial charge >= 0.3 is 0 Å². The third-order valence-corrected chi connectivity index (χ3v) is 5.59. The van der Waals surface area contributed by atoms with E-state index in [1.165, 1.54) is 12.5 Å². The second kappa shape index (κ2) is 6.94. The fourth-order valence-corrected chi connectivity index (χ4v) is 4.58. The average molecular weight is 347 g/mol. The summed E-state index contributed by atoms with van der Waals surface area (Å²) in [5.74, 6) is 0.361. The third-order valence-electron chi connectivity index (χ3n) is 3.69. The smallest absolute Gasteiger partial charge is 0.233 e. The van der Waals surface area contributed by atoms with E-state index in [0.717, 1.165) is 25.7 Å². The van der Waals surface area contributed by atoms with Crippen molar-refractivity contribution in [3.05, 3.63) is 28.8 Å². The summed E-state index contributed by atoms with van der Waals surface area (Å²) < 4.78 is 27.2. The maximum absolute atomic E-state index is 12.3. The monoisotopic (exact) mass is 346 g/mol. The summed E-state index contributed by atoms with van der Waals surface area (Å²) in [6.45, 7) is 0. The molecular formula is C14H19ClN2O2S2. The van der Waals surface area contributed by atoms with Crippen molar-refractivity contribution in [3.8, 4) is 0 Å². The molecule has 4 nitrogen and oxygen atoms in total. The number of nitrogens with two attached hydrogens (primary N) is 1. The normalized spacial score (nSPS) is 16.6. The van der Waals surface area contributed by atoms with Gasteiger partial charge in [-0.1, -0.05) is 43.1 Å². The second-order valence-electron chi connectivity index (χ2n) is 5.44. The van der Waals surface area contributed by atoms with Crippen LogP contribution >= 0.6 is 23.8 Å². The topological polar surface area (TPSA) is 72.2 Å². The average Bonchev–Trinajstić information content (AvgIpc) is 2.38. The number of anilines is 1. The minimum Gasteiger partial charge on any atom is -0.389 e. The van der Waals surface area contributed by atoms with Crippen molar-refractivity contribution in [2.75, 3.05) is 10.5 Å². The van der Waals surface area contributed by atoms with E-state index in [9.17, 15) is 8.42 Å². The Kier molecular flexibility index (Phi) is 5.46. The van der Waals surface area contributed by atoms with Crippen LogP contribution in [0.1, 0.15) is 37.7 Å². The summed E-state index contributed by atoms with van der Waals surface area (Å²) in [6.07, 6.45) is 5.35. The second-order valence-corrected chi connectivity index (χ2v) is 8.08. The zero-order valence-corrected chi connectivity index (χ0v) is 14.0. The summed E-state index contributed by atoms with van der Waals surface area (Å²) >= 11 is 10.9. The van der Waals surface area contributed by atoms with Gasteiger partial charge in [0.15, 0.2) is 0 Å². The Balaban J connectivity index is 2.15. The minimum absolute atomic E-state index is 0.135. The first kappa shape index (κ1) is 16.5. The van der Waals surface area contributed by atoms with Gasteiger partial charge in [0, 0.05) is 10.6 Å². The van der Waals surface area contributed by atoms with Gasteiger partial charge in [-0.05, 0) is 37.0 Å². The highest BCUT2D eigenvalue weighted by molar-refractivity contribution is 7.92. The molecule has 0 atom stereocenters. The molecule has 0 amide bonds. The largest absolute Gasteiger partial charge is 0.389 e. The molecule has 1 aliphatic rings. The van der Waals surface area contributed by atoms with Gasteiger partial charge in [-0.15, -0.1) is 0 Å². The van der Waals surface area contributed by atoms with Crippen LogP contribution in [-0.4, -0.2) is 19.2 Å². The van der Waals surface area contributed by atoms with E-state index in [-0.39, 0.29) is 16.7 Å². The maximum atomic E-state index is 12.3. The molecule has 0 bridgehead atoms. The van der Waals surface area contributed by atoms with E-state index >= 15 is 0 Å². The van der Waals surface area contributed by atoms with Gasteiger partial charge in [-0.2, -0.15) is 0 Å². The number of hydrogen-bond acceptors (Lipinski definition) is 3. The molecule has 1 fully saturated rings. The molecule has 2 rings (SSSR count). The fraction of sp³-hybridized carbons (Fsp3) is 0.500. The van der Waals surface area contributed by atoms with Crippen molar-refractivity contribution in [1.29, 1.82) is 0 Å². The van der Waals surface area contributed by atoms with Crippen molar-refractivity contribution < 1.29 is 8.42 Å². The lowest BCUT2D eigenvalue weighted by Crippen LogP contribution is -2.25. The SMILES string of the molecule is NC(=S)c1ccc(Cl)cc1NS(=O)(=O)CC1CCCCC1. The Labute approximate surface area is 136 Å². The highest BCUT2D eigenvalue weighted by atomic mass is 35.5. The third kappa shape index (κ3) is 4.83. The molecule has 7 heteroatoms. The van der Waals surface area contributed by atoms with E-state index in [1.807, 2.05) is 0 Å². The quantitative estimate of drug-likeness (QED) is 0.802. The number of benzene rings is 1. The number of rotatable bonds is 5. The Morgan fingerprint density at radius 3 is 2.62 bits per heavy atom. The summed E-state index contributed by atoms with van der Waals surface area (Å²) in [6, 6.07) is 4.80. The van der Waals surface area contributed by atoms with Gasteiger partial charge in [0.05, 0.1) is 11.4 Å². The van der Waals surface area contributed by atoms with Crippen LogP contribution in [0.15, 0.2) is 18.2 Å². The number of hydrogen-bond donors (Lipinski definition) is 2. The van der Waals surface area contributed by atoms with E-state index in [2.05, 4.69) is 4.72 Å². The van der Waals surface area contributed by atoms with Gasteiger partial charge in [-0.25, -0.2) is 8.42 Å². The summed E-state index contributed by atoms with van der Waals surface area (Å²) in [7, 11) is -3.43. The molecule has 0 aliphatic heterocycles. The fourth-order valence-electron chi connectivity index (χ4n) is 2.69. The number of nitrogens with one attached hydrogen (secondary N) is 1. The van der Waals surface area contributed by atoms with Crippen LogP contribution in [0.3, 0.4) is 0 Å². The van der Waals surface area contributed by atoms with Crippen LogP contribution in [-0.2, 0) is 10.0 Å². The molecule has 0 heterocycles. The number of halogens is 1. The van der Waals surface area contributed by atoms with E-state index < -0.39 is 10.0 Å². The Bertz CT molecular complexity index is 626. The van der Waals surface area contributed by atoms with Crippen LogP contribution in [0.4, 0.5) is 5.69 Å². The zero-order chi connectivity index (χ0) is 15.5. The molecule has 0 saturated heterocycles. The Morgan fingerprint density at radius 1 is 1.33 bits per heavy atom. The van der Waals surface area contributed by atoms with Crippen LogP contribution < -0.4 is 10.5 Å². The first-order valence-electron chi connectivity index (χ1n) is 6.97. The number of sulfonamides is 1. The first-order chi connectivity index (χ1) is 9.87. The van der Waals surface area contributed by atoms with Gasteiger partial charge in [-0.3, -0.25) is 4.72 Å². The minimum atomic E-state index is -3.43. The molecular weight excluding hydrogens is 328 g/mol. The lowest BCUT2D eigenvalue weighted by Gasteiger charge is -2.22. The van der Waals surface area contributed by atoms with Gasteiger partial charge in [0.1, 0.15) is 4.99 Å². The predicted octanol–water partition coefficient (Wildman–Crippen LogP) is 3.30. The van der Waals surface area contributed by atoms with Crippen LogP contribution in [0, 0.1) is 5.92 Å². The molecule has 116 valence electrons. The molecule has 21 heavy (non-hydrogen) atoms. The molecule has 0 spiro atoms. The molecule has 1 aromatic carbocycles. The number of thiocarbonyl (C=S) groups is 1. The van der Waals surface area contributed by atoms with Gasteiger partial charge < -0.3 is 5.73 Å². The summed E-state index contributed by atoms with van der Waals surface area (Å²) in [5.41, 5.74) is 6.46. The van der Waals surface area contributed by atoms with Crippen molar-refractivity contribution in [3.63, 3.8) is 0 Å². The molecule has 0 unspecified atom stereocenters. The summed E-state index contributed by atoms with van der Waals surface area (Å²) in [4.78, 5) is 0.141. The van der Waals surface area contributed by atoms with E-state index in [1.54, 1.807) is 12.1 Å². The maximum Gasteiger partial charge on any atom is 0.233 e. The Hall–Kier alpha value is -0.850. The molecule has 0 radical (unpaired) electrons. The van der Waals surface area contributed by atoms with Crippen molar-refractivity contribution in [1.82, 2.24) is 0 Å². The zero-order valence-electron chi connectivity index (χ0n) is 11.6. The highest BCUT2D eigenvalue weighted by Crippen LogP contribution is 2.27. The molecule has 1 saturated carbocycles. The predicted molar refractivity (Wildman–Crippen MR) is 91.3 cm³/mol. The lowest BCUT2D eigenvalue weighted by atomic mass is 9.91. The van der Waals surface area contributed by atoms with Crippen LogP contribution in [0.2, 0.25) is 5.02 Å². The van der Waals surface area contributed by atoms with Crippen molar-refractivity contribution in [2.45, 2.75) is 32.1 Å². The Morgan fingerprint density at radius 2 is 2.00 bits per heavy atom. The summed E-state index contributed by atoms with van der Waals surface area (Å²) in [5, 5.41) is 0.436. The van der Waals surface area contributed by atoms with E-state index in [0.29, 0.717) is 16.3 Å². The van der Waals surface area contributed by atoms with E-state index in [4.69, 9.17) is 29.6 Å². The van der Waals surface area contributed by atoms with Crippen molar-refractivity contribution >= 4 is 44.5 Å². The van der Waals surface area contributed by atoms with Crippen LogP contribution in [0.25, 0.3) is 0 Å².